The zero-order chi connectivity index (χ0) is 15.4. The van der Waals surface area contributed by atoms with Crippen molar-refractivity contribution in [2.45, 2.75) is 0 Å². The fourth-order valence-corrected chi connectivity index (χ4v) is 2.10. The Balaban J connectivity index is 1.82. The van der Waals surface area contributed by atoms with Crippen molar-refractivity contribution < 1.29 is 9.53 Å². The summed E-state index contributed by atoms with van der Waals surface area (Å²) in [4.78, 5) is 15.3. The maximum Gasteiger partial charge on any atom is 0.239 e. The smallest absolute Gasteiger partial charge is 0.239 e. The Morgan fingerprint density at radius 1 is 1.05 bits per heavy atom. The molecule has 2 aromatic carbocycles. The number of amides is 1. The lowest BCUT2D eigenvalue weighted by Crippen LogP contribution is -2.22. The van der Waals surface area contributed by atoms with Gasteiger partial charge in [-0.05, 0) is 29.0 Å². The largest absolute Gasteiger partial charge is 0.457 e. The minimum atomic E-state index is -0.296. The van der Waals surface area contributed by atoms with Crippen LogP contribution in [0.2, 0.25) is 0 Å². The Labute approximate surface area is 127 Å². The number of ether oxygens (including phenoxy) is 1. The molecule has 1 amide bonds. The van der Waals surface area contributed by atoms with E-state index >= 15 is 0 Å². The molecular formula is C17H15N3O2. The van der Waals surface area contributed by atoms with Gasteiger partial charge in [-0.15, -0.1) is 0 Å². The Bertz CT molecular complexity index is 818. The lowest BCUT2D eigenvalue weighted by atomic mass is 10.1. The highest BCUT2D eigenvalue weighted by Crippen LogP contribution is 2.26. The predicted octanol–water partition coefficient (Wildman–Crippen LogP) is 2.92. The van der Waals surface area contributed by atoms with Gasteiger partial charge in [0.25, 0.3) is 0 Å². The zero-order valence-corrected chi connectivity index (χ0v) is 11.8. The maximum atomic E-state index is 11.3. The van der Waals surface area contributed by atoms with Gasteiger partial charge in [-0.25, -0.2) is 4.98 Å². The predicted molar refractivity (Wildman–Crippen MR) is 85.9 cm³/mol. The molecule has 0 aliphatic heterocycles. The summed E-state index contributed by atoms with van der Waals surface area (Å²) in [6.07, 6.45) is 1.57. The maximum absolute atomic E-state index is 11.3. The minimum absolute atomic E-state index is 0.0859. The summed E-state index contributed by atoms with van der Waals surface area (Å²) in [7, 11) is 0. The molecule has 0 unspecified atom stereocenters. The molecule has 0 saturated heterocycles. The summed E-state index contributed by atoms with van der Waals surface area (Å²) < 4.78 is 5.82. The number of fused-ring (bicyclic) bond motifs is 1. The number of carbonyl (C=O) groups is 1. The second kappa shape index (κ2) is 6.24. The number of nitrogens with one attached hydrogen (secondary N) is 1. The van der Waals surface area contributed by atoms with E-state index in [1.54, 1.807) is 18.3 Å². The van der Waals surface area contributed by atoms with Gasteiger partial charge in [0.2, 0.25) is 5.91 Å². The van der Waals surface area contributed by atoms with Crippen LogP contribution in [0.25, 0.3) is 10.8 Å². The van der Waals surface area contributed by atoms with Gasteiger partial charge in [0.1, 0.15) is 17.3 Å². The zero-order valence-electron chi connectivity index (χ0n) is 11.8. The molecule has 0 aliphatic rings. The molecule has 5 heteroatoms. The van der Waals surface area contributed by atoms with Crippen molar-refractivity contribution in [1.82, 2.24) is 4.98 Å². The van der Waals surface area contributed by atoms with Crippen LogP contribution >= 0.6 is 0 Å². The topological polar surface area (TPSA) is 77.2 Å². The van der Waals surface area contributed by atoms with Crippen molar-refractivity contribution in [3.8, 4) is 11.5 Å². The molecule has 0 atom stereocenters. The molecule has 5 nitrogen and oxygen atoms in total. The second-order valence-electron chi connectivity index (χ2n) is 4.74. The number of anilines is 1. The molecule has 3 aromatic rings. The van der Waals surface area contributed by atoms with Gasteiger partial charge in [-0.3, -0.25) is 4.79 Å². The van der Waals surface area contributed by atoms with Crippen LogP contribution in [0.4, 0.5) is 5.82 Å². The first kappa shape index (κ1) is 14.0. The van der Waals surface area contributed by atoms with E-state index < -0.39 is 0 Å². The third-order valence-corrected chi connectivity index (χ3v) is 3.14. The van der Waals surface area contributed by atoms with E-state index in [1.807, 2.05) is 42.5 Å². The number of benzene rings is 2. The van der Waals surface area contributed by atoms with Gasteiger partial charge in [0.05, 0.1) is 6.54 Å². The van der Waals surface area contributed by atoms with E-state index in [2.05, 4.69) is 10.3 Å². The lowest BCUT2D eigenvalue weighted by Gasteiger charge is -2.08. The molecule has 1 aromatic heterocycles. The second-order valence-corrected chi connectivity index (χ2v) is 4.74. The normalized spacial score (nSPS) is 10.4. The molecule has 0 bridgehead atoms. The lowest BCUT2D eigenvalue weighted by molar-refractivity contribution is -0.114. The van der Waals surface area contributed by atoms with Crippen LogP contribution in [0.3, 0.4) is 0 Å². The Hall–Kier alpha value is -2.92. The average Bonchev–Trinajstić information content (AvgIpc) is 2.55. The van der Waals surface area contributed by atoms with Gasteiger partial charge >= 0.3 is 0 Å². The van der Waals surface area contributed by atoms with Crippen LogP contribution in [0, 0.1) is 0 Å². The summed E-state index contributed by atoms with van der Waals surface area (Å²) in [5.41, 5.74) is 5.26. The number of nitrogens with two attached hydrogens (primary N) is 1. The van der Waals surface area contributed by atoms with E-state index in [9.17, 15) is 4.79 Å². The highest BCUT2D eigenvalue weighted by molar-refractivity contribution is 5.91. The Morgan fingerprint density at radius 3 is 2.64 bits per heavy atom. The summed E-state index contributed by atoms with van der Waals surface area (Å²) in [6, 6.07) is 17.3. The first-order valence-corrected chi connectivity index (χ1v) is 6.87. The summed E-state index contributed by atoms with van der Waals surface area (Å²) in [5.74, 6) is 1.43. The van der Waals surface area contributed by atoms with Gasteiger partial charge in [-0.2, -0.15) is 0 Å². The number of pyridine rings is 1. The molecule has 0 aliphatic carbocycles. The standard InChI is InChI=1S/C17H15N3O2/c18-11-17(21)20-16-10-15(7-8-19-16)22-14-6-5-12-3-1-2-4-13(12)9-14/h1-10H,11,18H2,(H,19,20,21). The van der Waals surface area contributed by atoms with E-state index in [4.69, 9.17) is 10.5 Å². The van der Waals surface area contributed by atoms with Crippen molar-refractivity contribution in [3.63, 3.8) is 0 Å². The molecule has 0 saturated carbocycles. The minimum Gasteiger partial charge on any atom is -0.457 e. The summed E-state index contributed by atoms with van der Waals surface area (Å²) in [5, 5.41) is 4.85. The Kier molecular flexibility index (Phi) is 3.98. The third-order valence-electron chi connectivity index (χ3n) is 3.14. The fourth-order valence-electron chi connectivity index (χ4n) is 2.10. The number of carbonyl (C=O) groups excluding carboxylic acids is 1. The van der Waals surface area contributed by atoms with Crippen molar-refractivity contribution in [1.29, 1.82) is 0 Å². The molecule has 3 rings (SSSR count). The number of rotatable bonds is 4. The van der Waals surface area contributed by atoms with Crippen molar-refractivity contribution >= 4 is 22.5 Å². The SMILES string of the molecule is NCC(=O)Nc1cc(Oc2ccc3ccccc3c2)ccn1. The number of nitrogens with zero attached hydrogens (tertiary/aromatic N) is 1. The molecule has 1 heterocycles. The Morgan fingerprint density at radius 2 is 1.82 bits per heavy atom. The van der Waals surface area contributed by atoms with Crippen LogP contribution in [0.15, 0.2) is 60.8 Å². The highest BCUT2D eigenvalue weighted by Gasteiger charge is 2.04. The summed E-state index contributed by atoms with van der Waals surface area (Å²) in [6.45, 7) is -0.0859. The molecular weight excluding hydrogens is 278 g/mol. The molecule has 3 N–H and O–H groups in total. The van der Waals surface area contributed by atoms with Gasteiger partial charge in [0, 0.05) is 12.3 Å². The number of hydrogen-bond acceptors (Lipinski definition) is 4. The van der Waals surface area contributed by atoms with Crippen molar-refractivity contribution in [3.05, 3.63) is 60.8 Å². The third kappa shape index (κ3) is 3.21. The monoisotopic (exact) mass is 293 g/mol. The van der Waals surface area contributed by atoms with E-state index in [0.29, 0.717) is 11.6 Å². The van der Waals surface area contributed by atoms with Crippen LogP contribution in [-0.2, 0) is 4.79 Å². The van der Waals surface area contributed by atoms with Gasteiger partial charge < -0.3 is 15.8 Å². The van der Waals surface area contributed by atoms with Gasteiger partial charge in [-0.1, -0.05) is 30.3 Å². The van der Waals surface area contributed by atoms with Crippen LogP contribution in [-0.4, -0.2) is 17.4 Å². The number of hydrogen-bond donors (Lipinski definition) is 2. The molecule has 0 radical (unpaired) electrons. The van der Waals surface area contributed by atoms with Crippen molar-refractivity contribution in [2.75, 3.05) is 11.9 Å². The molecule has 0 fully saturated rings. The molecule has 110 valence electrons. The first-order valence-electron chi connectivity index (χ1n) is 6.87. The highest BCUT2D eigenvalue weighted by atomic mass is 16.5. The van der Waals surface area contributed by atoms with Crippen LogP contribution in [0.5, 0.6) is 11.5 Å². The van der Waals surface area contributed by atoms with Crippen LogP contribution < -0.4 is 15.8 Å². The number of aromatic nitrogens is 1. The molecule has 0 spiro atoms. The first-order chi connectivity index (χ1) is 10.7. The average molecular weight is 293 g/mol. The summed E-state index contributed by atoms with van der Waals surface area (Å²) >= 11 is 0. The quantitative estimate of drug-likeness (QED) is 0.775. The fraction of sp³-hybridized carbons (Fsp3) is 0.0588. The van der Waals surface area contributed by atoms with E-state index in [-0.39, 0.29) is 12.5 Å². The van der Waals surface area contributed by atoms with Gasteiger partial charge in [0.15, 0.2) is 0 Å². The van der Waals surface area contributed by atoms with E-state index in [1.165, 1.54) is 0 Å². The van der Waals surface area contributed by atoms with Crippen LogP contribution in [0.1, 0.15) is 0 Å². The van der Waals surface area contributed by atoms with E-state index in [0.717, 1.165) is 16.5 Å². The van der Waals surface area contributed by atoms with Crippen molar-refractivity contribution in [2.24, 2.45) is 5.73 Å². The molecule has 22 heavy (non-hydrogen) atoms.